The summed E-state index contributed by atoms with van der Waals surface area (Å²) in [4.78, 5) is 6.74. The van der Waals surface area contributed by atoms with Gasteiger partial charge in [0.2, 0.25) is 0 Å². The van der Waals surface area contributed by atoms with Crippen molar-refractivity contribution in [3.05, 3.63) is 30.3 Å². The molecule has 1 aliphatic heterocycles. The summed E-state index contributed by atoms with van der Waals surface area (Å²) in [6.07, 6.45) is 3.25. The SMILES string of the molecule is FC1(F)CC(N=C(Nc2ccccc2)N2CCCCC2)C1.I. The lowest BCUT2D eigenvalue weighted by Crippen LogP contribution is -2.44. The number of aliphatic imine (C=N–C) groups is 1. The van der Waals surface area contributed by atoms with E-state index in [1.54, 1.807) is 0 Å². The Labute approximate surface area is 147 Å². The van der Waals surface area contributed by atoms with E-state index in [0.717, 1.165) is 37.6 Å². The molecule has 0 spiro atoms. The Morgan fingerprint density at radius 1 is 1.09 bits per heavy atom. The fraction of sp³-hybridized carbons (Fsp3) is 0.562. The molecule has 22 heavy (non-hydrogen) atoms. The molecule has 2 aliphatic rings. The molecule has 1 N–H and O–H groups in total. The van der Waals surface area contributed by atoms with E-state index in [0.29, 0.717) is 0 Å². The number of piperidine rings is 1. The molecule has 0 radical (unpaired) electrons. The number of likely N-dealkylation sites (tertiary alicyclic amines) is 1. The molecule has 0 atom stereocenters. The summed E-state index contributed by atoms with van der Waals surface area (Å²) in [5, 5.41) is 3.31. The van der Waals surface area contributed by atoms with Crippen LogP contribution >= 0.6 is 24.0 Å². The number of rotatable bonds is 2. The fourth-order valence-electron chi connectivity index (χ4n) is 2.84. The minimum Gasteiger partial charge on any atom is -0.343 e. The molecule has 3 rings (SSSR count). The highest BCUT2D eigenvalue weighted by atomic mass is 127. The van der Waals surface area contributed by atoms with E-state index in [-0.39, 0.29) is 42.9 Å². The molecule has 6 heteroatoms. The number of benzene rings is 1. The van der Waals surface area contributed by atoms with E-state index in [2.05, 4.69) is 15.2 Å². The van der Waals surface area contributed by atoms with Crippen LogP contribution < -0.4 is 5.32 Å². The van der Waals surface area contributed by atoms with Crippen molar-refractivity contribution in [3.8, 4) is 0 Å². The van der Waals surface area contributed by atoms with E-state index in [9.17, 15) is 8.78 Å². The molecule has 1 aromatic rings. The van der Waals surface area contributed by atoms with Gasteiger partial charge in [0.15, 0.2) is 5.96 Å². The van der Waals surface area contributed by atoms with Crippen LogP contribution in [0.25, 0.3) is 0 Å². The van der Waals surface area contributed by atoms with Gasteiger partial charge in [0.25, 0.3) is 5.92 Å². The highest BCUT2D eigenvalue weighted by Crippen LogP contribution is 2.39. The number of hydrogen-bond acceptors (Lipinski definition) is 1. The second-order valence-electron chi connectivity index (χ2n) is 5.91. The Hall–Kier alpha value is -0.920. The van der Waals surface area contributed by atoms with Gasteiger partial charge in [-0.1, -0.05) is 18.2 Å². The number of nitrogens with one attached hydrogen (secondary N) is 1. The van der Waals surface area contributed by atoms with Crippen LogP contribution in [0.4, 0.5) is 14.5 Å². The molecular formula is C16H22F2IN3. The quantitative estimate of drug-likeness (QED) is 0.437. The maximum absolute atomic E-state index is 13.0. The number of alkyl halides is 2. The lowest BCUT2D eigenvalue weighted by atomic mass is 9.89. The average molecular weight is 421 g/mol. The van der Waals surface area contributed by atoms with Crippen LogP contribution in [0.2, 0.25) is 0 Å². The third-order valence-electron chi connectivity index (χ3n) is 4.06. The van der Waals surface area contributed by atoms with Gasteiger partial charge in [-0.3, -0.25) is 0 Å². The Kier molecular flexibility index (Phi) is 6.00. The van der Waals surface area contributed by atoms with Crippen LogP contribution in [0, 0.1) is 0 Å². The monoisotopic (exact) mass is 421 g/mol. The number of guanidine groups is 1. The van der Waals surface area contributed by atoms with Crippen LogP contribution in [0.1, 0.15) is 32.1 Å². The minimum atomic E-state index is -2.52. The van der Waals surface area contributed by atoms with Crippen molar-refractivity contribution in [2.24, 2.45) is 4.99 Å². The molecule has 0 unspecified atom stereocenters. The van der Waals surface area contributed by atoms with Gasteiger partial charge in [-0.05, 0) is 31.4 Å². The van der Waals surface area contributed by atoms with Crippen molar-refractivity contribution < 1.29 is 8.78 Å². The van der Waals surface area contributed by atoms with Gasteiger partial charge in [0.1, 0.15) is 0 Å². The minimum absolute atomic E-state index is 0. The third kappa shape index (κ3) is 4.54. The Balaban J connectivity index is 0.00000176. The highest BCUT2D eigenvalue weighted by molar-refractivity contribution is 14.0. The van der Waals surface area contributed by atoms with Gasteiger partial charge in [-0.2, -0.15) is 0 Å². The van der Waals surface area contributed by atoms with Crippen molar-refractivity contribution >= 4 is 35.6 Å². The van der Waals surface area contributed by atoms with E-state index < -0.39 is 5.92 Å². The first-order valence-corrected chi connectivity index (χ1v) is 7.65. The van der Waals surface area contributed by atoms with Crippen LogP contribution in [-0.4, -0.2) is 35.9 Å². The van der Waals surface area contributed by atoms with Gasteiger partial charge in [0, 0.05) is 31.6 Å². The number of para-hydroxylation sites is 1. The first-order chi connectivity index (χ1) is 10.1. The van der Waals surface area contributed by atoms with Crippen molar-refractivity contribution in [1.82, 2.24) is 4.90 Å². The smallest absolute Gasteiger partial charge is 0.252 e. The lowest BCUT2D eigenvalue weighted by Gasteiger charge is -2.35. The molecule has 1 saturated carbocycles. The molecule has 1 saturated heterocycles. The summed E-state index contributed by atoms with van der Waals surface area (Å²) < 4.78 is 26.0. The summed E-state index contributed by atoms with van der Waals surface area (Å²) in [6.45, 7) is 1.89. The number of hydrogen-bond donors (Lipinski definition) is 1. The summed E-state index contributed by atoms with van der Waals surface area (Å²) in [6, 6.07) is 9.54. The number of halogens is 3. The highest BCUT2D eigenvalue weighted by Gasteiger charge is 2.45. The Morgan fingerprint density at radius 2 is 1.73 bits per heavy atom. The van der Waals surface area contributed by atoms with Gasteiger partial charge >= 0.3 is 0 Å². The van der Waals surface area contributed by atoms with Crippen molar-refractivity contribution in [1.29, 1.82) is 0 Å². The van der Waals surface area contributed by atoms with Crippen LogP contribution in [-0.2, 0) is 0 Å². The second kappa shape index (κ2) is 7.57. The van der Waals surface area contributed by atoms with Gasteiger partial charge < -0.3 is 10.2 Å². The van der Waals surface area contributed by atoms with E-state index in [1.165, 1.54) is 6.42 Å². The van der Waals surface area contributed by atoms with Gasteiger partial charge in [-0.15, -0.1) is 24.0 Å². The fourth-order valence-corrected chi connectivity index (χ4v) is 2.84. The molecule has 2 fully saturated rings. The maximum Gasteiger partial charge on any atom is 0.252 e. The summed E-state index contributed by atoms with van der Waals surface area (Å²) in [5.74, 6) is -1.77. The Morgan fingerprint density at radius 3 is 2.32 bits per heavy atom. The van der Waals surface area contributed by atoms with Crippen LogP contribution in [0.5, 0.6) is 0 Å². The van der Waals surface area contributed by atoms with Crippen molar-refractivity contribution in [2.75, 3.05) is 18.4 Å². The van der Waals surface area contributed by atoms with Gasteiger partial charge in [0.05, 0.1) is 6.04 Å². The van der Waals surface area contributed by atoms with E-state index >= 15 is 0 Å². The largest absolute Gasteiger partial charge is 0.343 e. The molecule has 1 heterocycles. The molecule has 122 valence electrons. The summed E-state index contributed by atoms with van der Waals surface area (Å²) in [5.41, 5.74) is 0.952. The molecule has 0 bridgehead atoms. The van der Waals surface area contributed by atoms with Crippen LogP contribution in [0.3, 0.4) is 0 Å². The number of nitrogens with zero attached hydrogens (tertiary/aromatic N) is 2. The third-order valence-corrected chi connectivity index (χ3v) is 4.06. The molecule has 0 amide bonds. The second-order valence-corrected chi connectivity index (χ2v) is 5.91. The van der Waals surface area contributed by atoms with Crippen molar-refractivity contribution in [3.63, 3.8) is 0 Å². The predicted molar refractivity (Wildman–Crippen MR) is 96.3 cm³/mol. The number of anilines is 1. The molecule has 1 aromatic carbocycles. The van der Waals surface area contributed by atoms with Crippen molar-refractivity contribution in [2.45, 2.75) is 44.1 Å². The molecule has 0 aromatic heterocycles. The maximum atomic E-state index is 13.0. The molecular weight excluding hydrogens is 399 g/mol. The topological polar surface area (TPSA) is 27.6 Å². The Bertz CT molecular complexity index is 493. The zero-order chi connectivity index (χ0) is 14.7. The average Bonchev–Trinajstić information content (AvgIpc) is 2.47. The summed E-state index contributed by atoms with van der Waals surface area (Å²) in [7, 11) is 0. The zero-order valence-corrected chi connectivity index (χ0v) is 14.8. The van der Waals surface area contributed by atoms with E-state index in [4.69, 9.17) is 0 Å². The van der Waals surface area contributed by atoms with Gasteiger partial charge in [-0.25, -0.2) is 13.8 Å². The standard InChI is InChI=1S/C16H21F2N3.HI/c17-16(18)11-14(12-16)20-15(21-9-5-2-6-10-21)19-13-7-3-1-4-8-13;/h1,3-4,7-8,14H,2,5-6,9-12H2,(H,19,20);1H. The normalized spacial score (nSPS) is 21.7. The lowest BCUT2D eigenvalue weighted by molar-refractivity contribution is -0.0836. The van der Waals surface area contributed by atoms with Crippen LogP contribution in [0.15, 0.2) is 35.3 Å². The predicted octanol–water partition coefficient (Wildman–Crippen LogP) is 4.36. The first kappa shape index (κ1) is 17.4. The molecule has 3 nitrogen and oxygen atoms in total. The zero-order valence-electron chi connectivity index (χ0n) is 12.5. The first-order valence-electron chi connectivity index (χ1n) is 7.65. The summed E-state index contributed by atoms with van der Waals surface area (Å²) >= 11 is 0. The molecule has 1 aliphatic carbocycles. The van der Waals surface area contributed by atoms with E-state index in [1.807, 2.05) is 30.3 Å².